The first-order chi connectivity index (χ1) is 25.9. The number of benzene rings is 3. The molecule has 0 atom stereocenters. The van der Waals surface area contributed by atoms with Crippen LogP contribution in [0.2, 0.25) is 0 Å². The van der Waals surface area contributed by atoms with Crippen LogP contribution in [-0.2, 0) is 29.3 Å². The summed E-state index contributed by atoms with van der Waals surface area (Å²) in [7, 11) is 1.84. The van der Waals surface area contributed by atoms with E-state index in [9.17, 15) is 27.6 Å². The lowest BCUT2D eigenvalue weighted by Gasteiger charge is -2.21. The first kappa shape index (κ1) is 39.0. The van der Waals surface area contributed by atoms with Crippen molar-refractivity contribution in [1.82, 2.24) is 19.9 Å². The van der Waals surface area contributed by atoms with E-state index in [1.165, 1.54) is 23.2 Å². The maximum Gasteiger partial charge on any atom is 0.419 e. The summed E-state index contributed by atoms with van der Waals surface area (Å²) in [6.45, 7) is 2.52. The van der Waals surface area contributed by atoms with E-state index in [-0.39, 0.29) is 23.8 Å². The molecule has 2 heterocycles. The van der Waals surface area contributed by atoms with E-state index in [0.29, 0.717) is 30.1 Å². The van der Waals surface area contributed by atoms with Crippen molar-refractivity contribution >= 4 is 46.3 Å². The summed E-state index contributed by atoms with van der Waals surface area (Å²) in [4.78, 5) is 48.8. The lowest BCUT2D eigenvalue weighted by molar-refractivity contribution is -0.142. The molecule has 3 N–H and O–H groups in total. The second kappa shape index (κ2) is 18.0. The number of amides is 2. The predicted molar refractivity (Wildman–Crippen MR) is 198 cm³/mol. The molecule has 0 fully saturated rings. The lowest BCUT2D eigenvalue weighted by Crippen LogP contribution is -2.34. The number of amidine groups is 1. The van der Waals surface area contributed by atoms with Gasteiger partial charge in [-0.2, -0.15) is 13.2 Å². The van der Waals surface area contributed by atoms with Crippen LogP contribution in [0.5, 0.6) is 5.75 Å². The Balaban J connectivity index is 1.22. The van der Waals surface area contributed by atoms with Gasteiger partial charge in [0, 0.05) is 36.6 Å². The minimum absolute atomic E-state index is 0.0749. The van der Waals surface area contributed by atoms with Crippen molar-refractivity contribution in [2.24, 2.45) is 7.05 Å². The van der Waals surface area contributed by atoms with E-state index in [4.69, 9.17) is 19.9 Å². The third kappa shape index (κ3) is 10.2. The summed E-state index contributed by atoms with van der Waals surface area (Å²) in [5.74, 6) is -1.23. The molecular formula is C39H40F3N7O5. The van der Waals surface area contributed by atoms with E-state index in [1.807, 2.05) is 11.6 Å². The van der Waals surface area contributed by atoms with Gasteiger partial charge in [0.25, 0.3) is 5.91 Å². The molecule has 0 spiro atoms. The van der Waals surface area contributed by atoms with Gasteiger partial charge in [-0.05, 0) is 73.2 Å². The Morgan fingerprint density at radius 3 is 2.39 bits per heavy atom. The SMILES string of the molecule is CCCCCCOC(=O)NC(=N)c1ccc(NCc2nc3cc(C(=O)N(CCC(=O)Oc4ccccc4C(F)(F)F)c4ccccn4)ccc3n2C)cc1. The number of anilines is 2. The number of hydrogen-bond donors (Lipinski definition) is 3. The van der Waals surface area contributed by atoms with Gasteiger partial charge in [-0.3, -0.25) is 25.2 Å². The van der Waals surface area contributed by atoms with Gasteiger partial charge < -0.3 is 19.4 Å². The lowest BCUT2D eigenvalue weighted by atomic mass is 10.1. The monoisotopic (exact) mass is 743 g/mol. The molecular weight excluding hydrogens is 703 g/mol. The first-order valence-corrected chi connectivity index (χ1v) is 17.4. The summed E-state index contributed by atoms with van der Waals surface area (Å²) < 4.78 is 52.3. The highest BCUT2D eigenvalue weighted by molar-refractivity contribution is 6.07. The molecule has 54 heavy (non-hydrogen) atoms. The maximum absolute atomic E-state index is 13.9. The van der Waals surface area contributed by atoms with Gasteiger partial charge in [0.05, 0.1) is 36.2 Å². The zero-order valence-electron chi connectivity index (χ0n) is 29.8. The van der Waals surface area contributed by atoms with E-state index in [1.54, 1.807) is 60.7 Å². The number of rotatable bonds is 15. The summed E-state index contributed by atoms with van der Waals surface area (Å²) in [5, 5.41) is 13.9. The molecule has 2 aromatic heterocycles. The Morgan fingerprint density at radius 1 is 0.926 bits per heavy atom. The molecule has 0 aliphatic carbocycles. The summed E-state index contributed by atoms with van der Waals surface area (Å²) in [6, 6.07) is 21.3. The highest BCUT2D eigenvalue weighted by atomic mass is 19.4. The summed E-state index contributed by atoms with van der Waals surface area (Å²) >= 11 is 0. The van der Waals surface area contributed by atoms with E-state index < -0.39 is 41.9 Å². The van der Waals surface area contributed by atoms with Crippen LogP contribution in [0.4, 0.5) is 29.5 Å². The number of nitrogens with one attached hydrogen (secondary N) is 3. The number of ether oxygens (including phenoxy) is 2. The minimum atomic E-state index is -4.71. The fraction of sp³-hybridized carbons (Fsp3) is 0.282. The normalized spacial score (nSPS) is 11.2. The molecule has 5 rings (SSSR count). The molecule has 0 unspecified atom stereocenters. The van der Waals surface area contributed by atoms with Crippen LogP contribution in [0.1, 0.15) is 66.3 Å². The number of unbranched alkanes of at least 4 members (excludes halogenated alkanes) is 3. The molecule has 0 radical (unpaired) electrons. The quantitative estimate of drug-likeness (QED) is 0.0322. The fourth-order valence-corrected chi connectivity index (χ4v) is 5.54. The standard InChI is InChI=1S/C39H40F3N7O5/c1-3-4-5-10-23-53-38(52)47-36(43)26-14-17-28(18-15-26)45-25-34-46-30-24-27(16-19-31(30)48(34)2)37(51)49(33-13-8-9-21-44-33)22-20-35(50)54-32-12-7-6-11-29(32)39(40,41)42/h6-9,11-19,21,24,45H,3-5,10,20,22-23,25H2,1-2H3,(H2,43,47,52). The van der Waals surface area contributed by atoms with Crippen LogP contribution in [0, 0.1) is 5.41 Å². The van der Waals surface area contributed by atoms with Gasteiger partial charge in [0.1, 0.15) is 23.2 Å². The van der Waals surface area contributed by atoms with Crippen molar-refractivity contribution in [1.29, 1.82) is 5.41 Å². The number of esters is 1. The van der Waals surface area contributed by atoms with Crippen molar-refractivity contribution in [2.75, 3.05) is 23.4 Å². The second-order valence-corrected chi connectivity index (χ2v) is 12.3. The molecule has 12 nitrogen and oxygen atoms in total. The van der Waals surface area contributed by atoms with E-state index >= 15 is 0 Å². The van der Waals surface area contributed by atoms with Crippen molar-refractivity contribution in [3.05, 3.63) is 114 Å². The number of aryl methyl sites for hydroxylation is 1. The number of pyridine rings is 1. The Morgan fingerprint density at radius 2 is 1.67 bits per heavy atom. The van der Waals surface area contributed by atoms with Crippen LogP contribution in [-0.4, -0.2) is 51.5 Å². The molecule has 0 saturated carbocycles. The van der Waals surface area contributed by atoms with Gasteiger partial charge in [0.15, 0.2) is 0 Å². The Hall–Kier alpha value is -6.25. The highest BCUT2D eigenvalue weighted by Crippen LogP contribution is 2.36. The van der Waals surface area contributed by atoms with Crippen molar-refractivity contribution in [3.63, 3.8) is 0 Å². The number of carbonyl (C=O) groups is 3. The number of para-hydroxylation sites is 1. The van der Waals surface area contributed by atoms with E-state index in [2.05, 4.69) is 22.5 Å². The van der Waals surface area contributed by atoms with Crippen LogP contribution >= 0.6 is 0 Å². The topological polar surface area (TPSA) is 152 Å². The van der Waals surface area contributed by atoms with Crippen molar-refractivity contribution in [3.8, 4) is 5.75 Å². The second-order valence-electron chi connectivity index (χ2n) is 12.3. The third-order valence-corrected chi connectivity index (χ3v) is 8.43. The van der Waals surface area contributed by atoms with Crippen LogP contribution in [0.3, 0.4) is 0 Å². The van der Waals surface area contributed by atoms with Gasteiger partial charge in [0.2, 0.25) is 0 Å². The van der Waals surface area contributed by atoms with Crippen molar-refractivity contribution < 1.29 is 37.0 Å². The average Bonchev–Trinajstić information content (AvgIpc) is 3.48. The van der Waals surface area contributed by atoms with Crippen LogP contribution in [0.15, 0.2) is 91.1 Å². The first-order valence-electron chi connectivity index (χ1n) is 17.4. The Bertz CT molecular complexity index is 2090. The summed E-state index contributed by atoms with van der Waals surface area (Å²) in [6.07, 6.45) is -0.370. The molecule has 15 heteroatoms. The van der Waals surface area contributed by atoms with Crippen molar-refractivity contribution in [2.45, 2.75) is 51.7 Å². The number of fused-ring (bicyclic) bond motifs is 1. The number of nitrogens with zero attached hydrogens (tertiary/aromatic N) is 4. The van der Waals surface area contributed by atoms with E-state index in [0.717, 1.165) is 49.0 Å². The number of halogens is 3. The van der Waals surface area contributed by atoms with Gasteiger partial charge in [-0.1, -0.05) is 44.4 Å². The minimum Gasteiger partial charge on any atom is -0.449 e. The third-order valence-electron chi connectivity index (χ3n) is 8.43. The smallest absolute Gasteiger partial charge is 0.419 e. The highest BCUT2D eigenvalue weighted by Gasteiger charge is 2.34. The molecule has 0 saturated heterocycles. The number of hydrogen-bond acceptors (Lipinski definition) is 9. The van der Waals surface area contributed by atoms with Crippen LogP contribution in [0.25, 0.3) is 11.0 Å². The zero-order valence-corrected chi connectivity index (χ0v) is 29.8. The number of alkyl halides is 3. The number of alkyl carbamates (subject to hydrolysis) is 1. The molecule has 0 aliphatic rings. The number of imidazole rings is 1. The number of carbonyl (C=O) groups excluding carboxylic acids is 3. The Kier molecular flexibility index (Phi) is 13.0. The van der Waals surface area contributed by atoms with Gasteiger partial charge in [-0.25, -0.2) is 14.8 Å². The van der Waals surface area contributed by atoms with Crippen LogP contribution < -0.4 is 20.3 Å². The van der Waals surface area contributed by atoms with Gasteiger partial charge in [-0.15, -0.1) is 0 Å². The Labute approximate surface area is 309 Å². The average molecular weight is 744 g/mol. The van der Waals surface area contributed by atoms with Gasteiger partial charge >= 0.3 is 18.2 Å². The molecule has 0 aliphatic heterocycles. The molecule has 2 amide bonds. The molecule has 3 aromatic carbocycles. The fourth-order valence-electron chi connectivity index (χ4n) is 5.54. The summed E-state index contributed by atoms with van der Waals surface area (Å²) in [5.41, 5.74) is 1.73. The molecule has 282 valence electrons. The maximum atomic E-state index is 13.9. The number of aromatic nitrogens is 3. The predicted octanol–water partition coefficient (Wildman–Crippen LogP) is 7.87. The largest absolute Gasteiger partial charge is 0.449 e. The zero-order chi connectivity index (χ0) is 38.7. The molecule has 0 bridgehead atoms. The molecule has 5 aromatic rings.